The molecule has 3 nitrogen and oxygen atoms in total. The molecule has 0 unspecified atom stereocenters. The lowest BCUT2D eigenvalue weighted by Gasteiger charge is -2.12. The van der Waals surface area contributed by atoms with Gasteiger partial charge in [0.2, 0.25) is 0 Å². The molecule has 0 fully saturated rings. The van der Waals surface area contributed by atoms with Crippen molar-refractivity contribution in [2.45, 2.75) is 51.3 Å². The van der Waals surface area contributed by atoms with Gasteiger partial charge in [-0.2, -0.15) is 8.42 Å². The Balaban J connectivity index is 2.49. The highest BCUT2D eigenvalue weighted by Gasteiger charge is 2.16. The molecule has 0 bridgehead atoms. The van der Waals surface area contributed by atoms with Crippen LogP contribution in [0.4, 0.5) is 0 Å². The van der Waals surface area contributed by atoms with Gasteiger partial charge in [0.1, 0.15) is 0 Å². The minimum atomic E-state index is -3.60. The molecule has 1 aromatic rings. The van der Waals surface area contributed by atoms with Crippen LogP contribution in [0.5, 0.6) is 0 Å². The molecule has 0 N–H and O–H groups in total. The molecule has 0 aliphatic heterocycles. The number of benzene rings is 1. The van der Waals surface area contributed by atoms with Gasteiger partial charge in [-0.05, 0) is 31.4 Å². The van der Waals surface area contributed by atoms with E-state index in [1.54, 1.807) is 24.3 Å². The summed E-state index contributed by atoms with van der Waals surface area (Å²) in [4.78, 5) is 0.235. The summed E-state index contributed by atoms with van der Waals surface area (Å²) in [5, 5.41) is 0. The van der Waals surface area contributed by atoms with Crippen LogP contribution in [-0.2, 0) is 14.3 Å². The predicted octanol–water partition coefficient (Wildman–Crippen LogP) is 3.92. The Hall–Kier alpha value is -0.870. The maximum Gasteiger partial charge on any atom is 0.296 e. The van der Waals surface area contributed by atoms with E-state index in [0.717, 1.165) is 18.4 Å². The van der Waals surface area contributed by atoms with E-state index in [4.69, 9.17) is 4.18 Å². The fourth-order valence-corrected chi connectivity index (χ4v) is 2.82. The van der Waals surface area contributed by atoms with Crippen LogP contribution in [0.2, 0.25) is 0 Å². The molecule has 4 heteroatoms. The first kappa shape index (κ1) is 16.2. The Kier molecular flexibility index (Phi) is 6.52. The van der Waals surface area contributed by atoms with Gasteiger partial charge in [0.05, 0.1) is 11.5 Å². The highest BCUT2D eigenvalue weighted by atomic mass is 32.2. The van der Waals surface area contributed by atoms with Gasteiger partial charge in [0, 0.05) is 0 Å². The molecular weight excluding hydrogens is 260 g/mol. The minimum absolute atomic E-state index is 0.235. The molecule has 0 aromatic heterocycles. The van der Waals surface area contributed by atoms with Crippen molar-refractivity contribution in [1.29, 1.82) is 0 Å². The van der Waals surface area contributed by atoms with Crippen molar-refractivity contribution < 1.29 is 12.6 Å². The van der Waals surface area contributed by atoms with Crippen molar-refractivity contribution in [2.24, 2.45) is 5.92 Å². The topological polar surface area (TPSA) is 43.4 Å². The van der Waals surface area contributed by atoms with Crippen molar-refractivity contribution in [1.82, 2.24) is 0 Å². The molecule has 0 aliphatic carbocycles. The van der Waals surface area contributed by atoms with E-state index >= 15 is 0 Å². The molecule has 0 saturated carbocycles. The van der Waals surface area contributed by atoms with Crippen LogP contribution in [0.25, 0.3) is 0 Å². The van der Waals surface area contributed by atoms with E-state index in [1.165, 1.54) is 12.8 Å². The molecule has 1 rings (SSSR count). The summed E-state index contributed by atoms with van der Waals surface area (Å²) in [5.41, 5.74) is 1.03. The van der Waals surface area contributed by atoms with E-state index < -0.39 is 10.1 Å². The van der Waals surface area contributed by atoms with Gasteiger partial charge in [-0.1, -0.05) is 50.8 Å². The van der Waals surface area contributed by atoms with Gasteiger partial charge < -0.3 is 0 Å². The second-order valence-electron chi connectivity index (χ2n) is 5.15. The third kappa shape index (κ3) is 5.74. The standard InChI is InChI=1S/C15H24O3S/c1-4-5-6-7-14(3)12-18-19(16,17)15-10-8-13(2)9-11-15/h8-11,14H,4-7,12H2,1-3H3/t14-/m0/s1. The molecule has 0 spiro atoms. The molecule has 0 amide bonds. The van der Waals surface area contributed by atoms with Crippen LogP contribution < -0.4 is 0 Å². The SMILES string of the molecule is CCCCC[C@H](C)COS(=O)(=O)c1ccc(C)cc1. The van der Waals surface area contributed by atoms with Crippen LogP contribution in [0.3, 0.4) is 0 Å². The highest BCUT2D eigenvalue weighted by molar-refractivity contribution is 7.86. The monoisotopic (exact) mass is 284 g/mol. The summed E-state index contributed by atoms with van der Waals surface area (Å²) < 4.78 is 29.0. The first-order chi connectivity index (χ1) is 8.95. The normalized spacial score (nSPS) is 13.4. The Morgan fingerprint density at radius 2 is 1.79 bits per heavy atom. The average Bonchev–Trinajstić information content (AvgIpc) is 2.37. The third-order valence-corrected chi connectivity index (χ3v) is 4.41. The van der Waals surface area contributed by atoms with Crippen molar-refractivity contribution >= 4 is 10.1 Å². The van der Waals surface area contributed by atoms with Gasteiger partial charge in [-0.25, -0.2) is 0 Å². The zero-order valence-corrected chi connectivity index (χ0v) is 12.9. The highest BCUT2D eigenvalue weighted by Crippen LogP contribution is 2.16. The van der Waals surface area contributed by atoms with Crippen molar-refractivity contribution in [3.8, 4) is 0 Å². The van der Waals surface area contributed by atoms with Crippen molar-refractivity contribution in [3.05, 3.63) is 29.8 Å². The van der Waals surface area contributed by atoms with Crippen LogP contribution >= 0.6 is 0 Å². The minimum Gasteiger partial charge on any atom is -0.266 e. The molecule has 0 aliphatic rings. The Bertz CT molecular complexity index is 463. The average molecular weight is 284 g/mol. The zero-order valence-electron chi connectivity index (χ0n) is 12.1. The molecular formula is C15H24O3S. The fourth-order valence-electron chi connectivity index (χ4n) is 1.80. The maximum absolute atomic E-state index is 12.0. The molecule has 0 radical (unpaired) electrons. The van der Waals surface area contributed by atoms with Crippen molar-refractivity contribution in [3.63, 3.8) is 0 Å². The maximum atomic E-state index is 12.0. The fraction of sp³-hybridized carbons (Fsp3) is 0.600. The lowest BCUT2D eigenvalue weighted by atomic mass is 10.0. The van der Waals surface area contributed by atoms with E-state index in [-0.39, 0.29) is 17.4 Å². The van der Waals surface area contributed by atoms with Crippen LogP contribution in [0, 0.1) is 12.8 Å². The first-order valence-electron chi connectivity index (χ1n) is 6.92. The lowest BCUT2D eigenvalue weighted by molar-refractivity contribution is 0.254. The van der Waals surface area contributed by atoms with Crippen LogP contribution in [-0.4, -0.2) is 15.0 Å². The molecule has 1 atom stereocenters. The second kappa shape index (κ2) is 7.65. The van der Waals surface area contributed by atoms with Gasteiger partial charge in [-0.3, -0.25) is 4.18 Å². The largest absolute Gasteiger partial charge is 0.296 e. The summed E-state index contributed by atoms with van der Waals surface area (Å²) in [5.74, 6) is 0.270. The smallest absolute Gasteiger partial charge is 0.266 e. The van der Waals surface area contributed by atoms with Gasteiger partial charge in [-0.15, -0.1) is 0 Å². The Morgan fingerprint density at radius 3 is 2.37 bits per heavy atom. The number of hydrogen-bond acceptors (Lipinski definition) is 3. The number of rotatable bonds is 8. The molecule has 1 aromatic carbocycles. The summed E-state index contributed by atoms with van der Waals surface area (Å²) >= 11 is 0. The lowest BCUT2D eigenvalue weighted by Crippen LogP contribution is -2.13. The quantitative estimate of drug-likeness (QED) is 0.537. The van der Waals surface area contributed by atoms with Crippen LogP contribution in [0.1, 0.15) is 45.1 Å². The number of unbranched alkanes of at least 4 members (excludes halogenated alkanes) is 2. The summed E-state index contributed by atoms with van der Waals surface area (Å²) in [6.07, 6.45) is 4.51. The zero-order chi connectivity index (χ0) is 14.3. The molecule has 108 valence electrons. The molecule has 0 saturated heterocycles. The molecule has 0 heterocycles. The number of aryl methyl sites for hydroxylation is 1. The first-order valence-corrected chi connectivity index (χ1v) is 8.32. The van der Waals surface area contributed by atoms with E-state index in [2.05, 4.69) is 6.92 Å². The Labute approximate surface area is 117 Å². The van der Waals surface area contributed by atoms with Crippen molar-refractivity contribution in [2.75, 3.05) is 6.61 Å². The number of hydrogen-bond donors (Lipinski definition) is 0. The summed E-state index contributed by atoms with van der Waals surface area (Å²) in [7, 11) is -3.60. The van der Waals surface area contributed by atoms with Crippen LogP contribution in [0.15, 0.2) is 29.2 Å². The predicted molar refractivity (Wildman–Crippen MR) is 77.6 cm³/mol. The Morgan fingerprint density at radius 1 is 1.16 bits per heavy atom. The van der Waals surface area contributed by atoms with E-state index in [1.807, 2.05) is 13.8 Å². The van der Waals surface area contributed by atoms with Gasteiger partial charge >= 0.3 is 0 Å². The summed E-state index contributed by atoms with van der Waals surface area (Å²) in [6.45, 7) is 6.37. The second-order valence-corrected chi connectivity index (χ2v) is 6.77. The van der Waals surface area contributed by atoms with Gasteiger partial charge in [0.15, 0.2) is 0 Å². The third-order valence-electron chi connectivity index (χ3n) is 3.12. The summed E-state index contributed by atoms with van der Waals surface area (Å²) in [6, 6.07) is 6.74. The van der Waals surface area contributed by atoms with Gasteiger partial charge in [0.25, 0.3) is 10.1 Å². The molecule has 19 heavy (non-hydrogen) atoms. The van der Waals surface area contributed by atoms with E-state index in [0.29, 0.717) is 0 Å². The van der Waals surface area contributed by atoms with E-state index in [9.17, 15) is 8.42 Å².